The molecule has 0 heterocycles. The van der Waals surface area contributed by atoms with Crippen molar-refractivity contribution >= 4 is 20.9 Å². The van der Waals surface area contributed by atoms with Crippen LogP contribution in [0.15, 0.2) is 41.5 Å². The van der Waals surface area contributed by atoms with Gasteiger partial charge in [-0.3, -0.25) is 0 Å². The van der Waals surface area contributed by atoms with Gasteiger partial charge in [0.05, 0.1) is 7.11 Å². The summed E-state index contributed by atoms with van der Waals surface area (Å²) in [6.45, 7) is 5.58. The fourth-order valence-corrected chi connectivity index (χ4v) is 2.83. The van der Waals surface area contributed by atoms with Gasteiger partial charge in [-0.25, -0.2) is 0 Å². The molecule has 0 fully saturated rings. The number of halogens is 3. The predicted octanol–water partition coefficient (Wildman–Crippen LogP) is 4.98. The number of fused-ring (bicyclic) bond motifs is 1. The second-order valence-electron chi connectivity index (χ2n) is 6.07. The second kappa shape index (κ2) is 7.19. The van der Waals surface area contributed by atoms with Crippen LogP contribution in [0.4, 0.5) is 13.2 Å². The van der Waals surface area contributed by atoms with Crippen molar-refractivity contribution in [3.8, 4) is 11.5 Å². The maximum atomic E-state index is 12.7. The van der Waals surface area contributed by atoms with Crippen molar-refractivity contribution in [3.63, 3.8) is 0 Å². The summed E-state index contributed by atoms with van der Waals surface area (Å²) in [7, 11) is -4.25. The maximum absolute atomic E-state index is 12.7. The van der Waals surface area contributed by atoms with Gasteiger partial charge in [-0.1, -0.05) is 23.3 Å². The summed E-state index contributed by atoms with van der Waals surface area (Å²) < 4.78 is 70.6. The highest BCUT2D eigenvalue weighted by molar-refractivity contribution is 7.88. The minimum Gasteiger partial charge on any atom is -0.497 e. The van der Waals surface area contributed by atoms with Crippen molar-refractivity contribution in [1.29, 1.82) is 0 Å². The number of methoxy groups -OCH3 is 1. The number of allylic oxidation sites excluding steroid dienone is 2. The van der Waals surface area contributed by atoms with Crippen LogP contribution >= 0.6 is 0 Å². The molecule has 4 nitrogen and oxygen atoms in total. The normalized spacial score (nSPS) is 12.1. The van der Waals surface area contributed by atoms with Crippen LogP contribution in [0, 0.1) is 0 Å². The number of hydrogen-bond acceptors (Lipinski definition) is 4. The Balaban J connectivity index is 2.68. The van der Waals surface area contributed by atoms with E-state index in [1.807, 2.05) is 20.8 Å². The minimum absolute atomic E-state index is 0.259. The first-order chi connectivity index (χ1) is 12.0. The minimum atomic E-state index is -5.75. The summed E-state index contributed by atoms with van der Waals surface area (Å²) in [5.41, 5.74) is -3.23. The van der Waals surface area contributed by atoms with Crippen LogP contribution in [0.2, 0.25) is 0 Å². The van der Waals surface area contributed by atoms with Gasteiger partial charge in [-0.15, -0.1) is 0 Å². The first-order valence-corrected chi connectivity index (χ1v) is 9.10. The highest BCUT2D eigenvalue weighted by atomic mass is 32.2. The highest BCUT2D eigenvalue weighted by Crippen LogP contribution is 2.35. The van der Waals surface area contributed by atoms with Gasteiger partial charge in [-0.2, -0.15) is 21.6 Å². The first kappa shape index (κ1) is 20.1. The summed E-state index contributed by atoms with van der Waals surface area (Å²) in [6.07, 6.45) is 0.259. The Morgan fingerprint density at radius 3 is 2.27 bits per heavy atom. The number of hydrogen-bond donors (Lipinski definition) is 0. The molecule has 2 aromatic carbocycles. The Kier molecular flexibility index (Phi) is 5.55. The van der Waals surface area contributed by atoms with Crippen LogP contribution in [-0.2, 0) is 16.5 Å². The van der Waals surface area contributed by atoms with E-state index in [0.29, 0.717) is 22.1 Å². The summed E-state index contributed by atoms with van der Waals surface area (Å²) in [6, 6.07) is 7.79. The largest absolute Gasteiger partial charge is 0.534 e. The van der Waals surface area contributed by atoms with Crippen molar-refractivity contribution in [1.82, 2.24) is 0 Å². The molecule has 0 amide bonds. The smallest absolute Gasteiger partial charge is 0.497 e. The highest BCUT2D eigenvalue weighted by Gasteiger charge is 2.48. The predicted molar refractivity (Wildman–Crippen MR) is 93.9 cm³/mol. The Bertz CT molecular complexity index is 956. The lowest BCUT2D eigenvalue weighted by molar-refractivity contribution is -0.0500. The summed E-state index contributed by atoms with van der Waals surface area (Å²) in [5.74, 6) is 0.250. The quantitative estimate of drug-likeness (QED) is 0.412. The molecule has 0 radical (unpaired) electrons. The molecule has 26 heavy (non-hydrogen) atoms. The van der Waals surface area contributed by atoms with Crippen LogP contribution in [0.25, 0.3) is 10.8 Å². The third-order valence-corrected chi connectivity index (χ3v) is 5.04. The number of rotatable bonds is 5. The van der Waals surface area contributed by atoms with Crippen LogP contribution in [0.5, 0.6) is 11.5 Å². The molecular formula is C18H19F3O4S. The zero-order valence-corrected chi connectivity index (χ0v) is 15.6. The monoisotopic (exact) mass is 388 g/mol. The zero-order chi connectivity index (χ0) is 19.7. The van der Waals surface area contributed by atoms with E-state index in [-0.39, 0.29) is 12.2 Å². The Morgan fingerprint density at radius 1 is 1.08 bits per heavy atom. The van der Waals surface area contributed by atoms with E-state index in [2.05, 4.69) is 4.18 Å². The lowest BCUT2D eigenvalue weighted by atomic mass is 9.96. The van der Waals surface area contributed by atoms with E-state index in [1.54, 1.807) is 18.2 Å². The SMILES string of the molecule is COc1ccc2c(CC(C)=C(C)C)c(OS(=O)(=O)C(F)(F)F)ccc2c1. The van der Waals surface area contributed by atoms with Crippen LogP contribution in [-0.4, -0.2) is 21.0 Å². The molecule has 142 valence electrons. The molecular weight excluding hydrogens is 369 g/mol. The first-order valence-electron chi connectivity index (χ1n) is 7.69. The standard InChI is InChI=1S/C18H19F3O4S/c1-11(2)12(3)9-16-15-7-6-14(24-4)10-13(15)5-8-17(16)25-26(22,23)18(19,20)21/h5-8,10H,9H2,1-4H3. The van der Waals surface area contributed by atoms with Crippen LogP contribution in [0.1, 0.15) is 26.3 Å². The molecule has 0 aliphatic carbocycles. The number of alkyl halides is 3. The number of benzene rings is 2. The van der Waals surface area contributed by atoms with Gasteiger partial charge in [0, 0.05) is 5.56 Å². The van der Waals surface area contributed by atoms with E-state index in [4.69, 9.17) is 4.74 Å². The molecule has 0 saturated heterocycles. The topological polar surface area (TPSA) is 52.6 Å². The van der Waals surface area contributed by atoms with Crippen molar-refractivity contribution in [2.45, 2.75) is 32.7 Å². The molecule has 2 aromatic rings. The fraction of sp³-hybridized carbons (Fsp3) is 0.333. The summed E-state index contributed by atoms with van der Waals surface area (Å²) >= 11 is 0. The molecule has 0 spiro atoms. The van der Waals surface area contributed by atoms with Crippen LogP contribution in [0.3, 0.4) is 0 Å². The third kappa shape index (κ3) is 4.12. The lowest BCUT2D eigenvalue weighted by Gasteiger charge is -2.16. The van der Waals surface area contributed by atoms with Gasteiger partial charge >= 0.3 is 15.6 Å². The van der Waals surface area contributed by atoms with E-state index in [9.17, 15) is 21.6 Å². The average Bonchev–Trinajstić information content (AvgIpc) is 2.54. The maximum Gasteiger partial charge on any atom is 0.534 e. The van der Waals surface area contributed by atoms with E-state index in [0.717, 1.165) is 11.1 Å². The molecule has 0 aromatic heterocycles. The zero-order valence-electron chi connectivity index (χ0n) is 14.8. The lowest BCUT2D eigenvalue weighted by Crippen LogP contribution is -2.28. The Morgan fingerprint density at radius 2 is 1.73 bits per heavy atom. The Labute approximate surface area is 150 Å². The van der Waals surface area contributed by atoms with E-state index < -0.39 is 15.6 Å². The fourth-order valence-electron chi connectivity index (χ4n) is 2.35. The molecule has 0 N–H and O–H groups in total. The molecule has 0 saturated carbocycles. The average molecular weight is 388 g/mol. The van der Waals surface area contributed by atoms with Gasteiger partial charge in [0.1, 0.15) is 11.5 Å². The molecule has 0 unspecified atom stereocenters. The summed E-state index contributed by atoms with van der Waals surface area (Å²) in [5, 5.41) is 1.30. The Hall–Kier alpha value is -2.22. The molecule has 0 aliphatic heterocycles. The van der Waals surface area contributed by atoms with Crippen LogP contribution < -0.4 is 8.92 Å². The second-order valence-corrected chi connectivity index (χ2v) is 7.61. The van der Waals surface area contributed by atoms with Crippen molar-refractivity contribution in [3.05, 3.63) is 47.0 Å². The molecule has 0 atom stereocenters. The van der Waals surface area contributed by atoms with E-state index in [1.165, 1.54) is 19.2 Å². The summed E-state index contributed by atoms with van der Waals surface area (Å²) in [4.78, 5) is 0. The third-order valence-electron chi connectivity index (χ3n) is 4.07. The van der Waals surface area contributed by atoms with Gasteiger partial charge in [0.25, 0.3) is 0 Å². The molecule has 2 rings (SSSR count). The van der Waals surface area contributed by atoms with Gasteiger partial charge in [-0.05, 0) is 56.2 Å². The molecule has 0 bridgehead atoms. The van der Waals surface area contributed by atoms with Crippen molar-refractivity contribution in [2.75, 3.05) is 7.11 Å². The van der Waals surface area contributed by atoms with Gasteiger partial charge in [0.2, 0.25) is 0 Å². The molecule has 8 heteroatoms. The van der Waals surface area contributed by atoms with Gasteiger partial charge < -0.3 is 8.92 Å². The van der Waals surface area contributed by atoms with E-state index >= 15 is 0 Å². The number of ether oxygens (including phenoxy) is 1. The van der Waals surface area contributed by atoms with Crippen molar-refractivity contribution < 1.29 is 30.5 Å². The van der Waals surface area contributed by atoms with Gasteiger partial charge in [0.15, 0.2) is 0 Å². The van der Waals surface area contributed by atoms with Crippen molar-refractivity contribution in [2.24, 2.45) is 0 Å². The molecule has 0 aliphatic rings.